The van der Waals surface area contributed by atoms with Gasteiger partial charge in [-0.2, -0.15) is 0 Å². The summed E-state index contributed by atoms with van der Waals surface area (Å²) in [5, 5.41) is 3.13. The maximum Gasteiger partial charge on any atom is 0.305 e. The molecule has 0 aromatic carbocycles. The van der Waals surface area contributed by atoms with Gasteiger partial charge in [-0.15, -0.1) is 0 Å². The molecule has 1 N–H and O–H groups in total. The number of hydrogen-bond donors (Lipinski definition) is 1. The average Bonchev–Trinajstić information content (AvgIpc) is 2.42. The van der Waals surface area contributed by atoms with E-state index in [1.807, 2.05) is 6.92 Å². The summed E-state index contributed by atoms with van der Waals surface area (Å²) < 4.78 is 5.11. The minimum atomic E-state index is -0.0409. The molecule has 0 radical (unpaired) electrons. The lowest BCUT2D eigenvalue weighted by Crippen LogP contribution is -2.20. The molecule has 0 fully saturated rings. The van der Waals surface area contributed by atoms with Crippen LogP contribution >= 0.6 is 0 Å². The first kappa shape index (κ1) is 18.4. The van der Waals surface area contributed by atoms with Crippen LogP contribution < -0.4 is 5.32 Å². The van der Waals surface area contributed by atoms with Crippen LogP contribution in [-0.4, -0.2) is 25.7 Å². The molecule has 3 nitrogen and oxygen atoms in total. The van der Waals surface area contributed by atoms with Crippen molar-refractivity contribution in [1.29, 1.82) is 0 Å². The molecule has 0 aliphatic carbocycles. The zero-order chi connectivity index (χ0) is 14.2. The minimum Gasteiger partial charge on any atom is -0.464 e. The zero-order valence-electron chi connectivity index (χ0n) is 13.0. The Morgan fingerprint density at radius 2 is 1.47 bits per heavy atom. The standard InChI is InChI=1S/C16H33NO2/c1-3-5-6-7-8-9-10-11-12-13-16(18)19-15-14-17-4-2/h17H,3-15H2,1-2H3. The molecular weight excluding hydrogens is 238 g/mol. The van der Waals surface area contributed by atoms with Crippen LogP contribution in [0, 0.1) is 0 Å². The van der Waals surface area contributed by atoms with Crippen LogP contribution in [0.15, 0.2) is 0 Å². The second-order valence-corrected chi connectivity index (χ2v) is 5.15. The number of likely N-dealkylation sites (N-methyl/N-ethyl adjacent to an activating group) is 1. The van der Waals surface area contributed by atoms with E-state index in [1.54, 1.807) is 0 Å². The number of esters is 1. The van der Waals surface area contributed by atoms with Gasteiger partial charge in [-0.05, 0) is 13.0 Å². The Morgan fingerprint density at radius 1 is 0.895 bits per heavy atom. The van der Waals surface area contributed by atoms with Crippen LogP contribution in [-0.2, 0) is 9.53 Å². The van der Waals surface area contributed by atoms with Gasteiger partial charge in [-0.3, -0.25) is 4.79 Å². The average molecular weight is 271 g/mol. The largest absolute Gasteiger partial charge is 0.464 e. The Bertz CT molecular complexity index is 195. The van der Waals surface area contributed by atoms with E-state index in [4.69, 9.17) is 4.74 Å². The molecule has 0 heterocycles. The van der Waals surface area contributed by atoms with Crippen molar-refractivity contribution in [3.05, 3.63) is 0 Å². The highest BCUT2D eigenvalue weighted by atomic mass is 16.5. The van der Waals surface area contributed by atoms with Crippen LogP contribution in [0.2, 0.25) is 0 Å². The zero-order valence-corrected chi connectivity index (χ0v) is 13.0. The topological polar surface area (TPSA) is 38.3 Å². The molecule has 0 aromatic heterocycles. The summed E-state index contributed by atoms with van der Waals surface area (Å²) in [6.07, 6.45) is 12.1. The van der Waals surface area contributed by atoms with Crippen LogP contribution in [0.4, 0.5) is 0 Å². The predicted molar refractivity (Wildman–Crippen MR) is 81.3 cm³/mol. The van der Waals surface area contributed by atoms with Gasteiger partial charge in [0.1, 0.15) is 6.61 Å². The van der Waals surface area contributed by atoms with E-state index < -0.39 is 0 Å². The summed E-state index contributed by atoms with van der Waals surface area (Å²) in [4.78, 5) is 11.4. The highest BCUT2D eigenvalue weighted by Gasteiger charge is 2.01. The Kier molecular flexibility index (Phi) is 15.0. The van der Waals surface area contributed by atoms with E-state index >= 15 is 0 Å². The van der Waals surface area contributed by atoms with Gasteiger partial charge in [0.15, 0.2) is 0 Å². The maximum absolute atomic E-state index is 11.4. The third-order valence-electron chi connectivity index (χ3n) is 3.28. The highest BCUT2D eigenvalue weighted by molar-refractivity contribution is 5.69. The van der Waals surface area contributed by atoms with E-state index in [1.165, 1.54) is 44.9 Å². The molecule has 114 valence electrons. The van der Waals surface area contributed by atoms with Gasteiger partial charge in [0, 0.05) is 13.0 Å². The van der Waals surface area contributed by atoms with Gasteiger partial charge in [0.05, 0.1) is 0 Å². The Morgan fingerprint density at radius 3 is 2.05 bits per heavy atom. The van der Waals surface area contributed by atoms with Gasteiger partial charge in [-0.1, -0.05) is 65.2 Å². The van der Waals surface area contributed by atoms with Gasteiger partial charge in [-0.25, -0.2) is 0 Å². The summed E-state index contributed by atoms with van der Waals surface area (Å²) in [6.45, 7) is 6.49. The summed E-state index contributed by atoms with van der Waals surface area (Å²) in [5.74, 6) is -0.0409. The van der Waals surface area contributed by atoms with E-state index in [0.717, 1.165) is 25.9 Å². The molecule has 0 saturated heterocycles. The fourth-order valence-electron chi connectivity index (χ4n) is 2.07. The fraction of sp³-hybridized carbons (Fsp3) is 0.938. The van der Waals surface area contributed by atoms with Crippen LogP contribution in [0.1, 0.15) is 78.1 Å². The SMILES string of the molecule is CCCCCCCCCCCC(=O)OCCNCC. The van der Waals surface area contributed by atoms with Crippen LogP contribution in [0.25, 0.3) is 0 Å². The molecule has 0 atom stereocenters. The number of nitrogens with one attached hydrogen (secondary N) is 1. The van der Waals surface area contributed by atoms with E-state index in [9.17, 15) is 4.79 Å². The highest BCUT2D eigenvalue weighted by Crippen LogP contribution is 2.10. The van der Waals surface area contributed by atoms with Crippen molar-refractivity contribution in [3.8, 4) is 0 Å². The molecule has 0 spiro atoms. The van der Waals surface area contributed by atoms with Gasteiger partial charge in [0.2, 0.25) is 0 Å². The van der Waals surface area contributed by atoms with Crippen molar-refractivity contribution in [2.75, 3.05) is 19.7 Å². The van der Waals surface area contributed by atoms with Crippen molar-refractivity contribution in [2.45, 2.75) is 78.1 Å². The molecule has 0 amide bonds. The molecule has 0 bridgehead atoms. The van der Waals surface area contributed by atoms with Crippen LogP contribution in [0.3, 0.4) is 0 Å². The second-order valence-electron chi connectivity index (χ2n) is 5.15. The summed E-state index contributed by atoms with van der Waals surface area (Å²) >= 11 is 0. The van der Waals surface area contributed by atoms with Crippen molar-refractivity contribution >= 4 is 5.97 Å². The monoisotopic (exact) mass is 271 g/mol. The maximum atomic E-state index is 11.4. The first-order valence-electron chi connectivity index (χ1n) is 8.17. The van der Waals surface area contributed by atoms with Crippen molar-refractivity contribution < 1.29 is 9.53 Å². The van der Waals surface area contributed by atoms with Gasteiger partial charge >= 0.3 is 5.97 Å². The Balaban J connectivity index is 3.10. The molecule has 0 aromatic rings. The smallest absolute Gasteiger partial charge is 0.305 e. The molecule has 0 aliphatic heterocycles. The molecular formula is C16H33NO2. The molecule has 0 unspecified atom stereocenters. The van der Waals surface area contributed by atoms with Crippen LogP contribution in [0.5, 0.6) is 0 Å². The first-order valence-corrected chi connectivity index (χ1v) is 8.17. The van der Waals surface area contributed by atoms with Crippen molar-refractivity contribution in [3.63, 3.8) is 0 Å². The minimum absolute atomic E-state index is 0.0409. The predicted octanol–water partition coefficient (Wildman–Crippen LogP) is 4.06. The summed E-state index contributed by atoms with van der Waals surface area (Å²) in [7, 11) is 0. The Labute approximate surface area is 119 Å². The number of hydrogen-bond acceptors (Lipinski definition) is 3. The van der Waals surface area contributed by atoms with Gasteiger partial charge < -0.3 is 10.1 Å². The fourth-order valence-corrected chi connectivity index (χ4v) is 2.07. The number of carbonyl (C=O) groups is 1. The molecule has 0 aliphatic rings. The quantitative estimate of drug-likeness (QED) is 0.382. The number of carbonyl (C=O) groups excluding carboxylic acids is 1. The summed E-state index contributed by atoms with van der Waals surface area (Å²) in [6, 6.07) is 0. The number of ether oxygens (including phenoxy) is 1. The molecule has 3 heteroatoms. The number of unbranched alkanes of at least 4 members (excludes halogenated alkanes) is 8. The number of rotatable bonds is 14. The van der Waals surface area contributed by atoms with Crippen molar-refractivity contribution in [2.24, 2.45) is 0 Å². The van der Waals surface area contributed by atoms with E-state index in [-0.39, 0.29) is 5.97 Å². The van der Waals surface area contributed by atoms with Gasteiger partial charge in [0.25, 0.3) is 0 Å². The summed E-state index contributed by atoms with van der Waals surface area (Å²) in [5.41, 5.74) is 0. The molecule has 0 saturated carbocycles. The Hall–Kier alpha value is -0.570. The lowest BCUT2D eigenvalue weighted by molar-refractivity contribution is -0.143. The molecule has 0 rings (SSSR count). The first-order chi connectivity index (χ1) is 9.31. The third kappa shape index (κ3) is 15.4. The third-order valence-corrected chi connectivity index (χ3v) is 3.28. The van der Waals surface area contributed by atoms with E-state index in [2.05, 4.69) is 12.2 Å². The normalized spacial score (nSPS) is 10.6. The van der Waals surface area contributed by atoms with Crippen molar-refractivity contribution in [1.82, 2.24) is 5.32 Å². The lowest BCUT2D eigenvalue weighted by Gasteiger charge is -2.05. The molecule has 19 heavy (non-hydrogen) atoms. The lowest BCUT2D eigenvalue weighted by atomic mass is 10.1. The van der Waals surface area contributed by atoms with E-state index in [0.29, 0.717) is 13.0 Å². The second kappa shape index (κ2) is 15.5.